The quantitative estimate of drug-likeness (QED) is 0.810. The van der Waals surface area contributed by atoms with Crippen LogP contribution in [0.5, 0.6) is 0 Å². The van der Waals surface area contributed by atoms with E-state index in [-0.39, 0.29) is 4.90 Å². The molecule has 0 saturated carbocycles. The molecule has 3 rings (SSSR count). The highest BCUT2D eigenvalue weighted by molar-refractivity contribution is 7.89. The molecule has 1 fully saturated rings. The van der Waals surface area contributed by atoms with Crippen molar-refractivity contribution in [1.82, 2.24) is 14.3 Å². The van der Waals surface area contributed by atoms with E-state index >= 15 is 0 Å². The Balaban J connectivity index is 1.76. The Morgan fingerprint density at radius 3 is 2.52 bits per heavy atom. The lowest BCUT2D eigenvalue weighted by atomic mass is 10.3. The summed E-state index contributed by atoms with van der Waals surface area (Å²) in [6, 6.07) is 9.87. The van der Waals surface area contributed by atoms with E-state index in [1.54, 1.807) is 25.1 Å². The van der Waals surface area contributed by atoms with E-state index < -0.39 is 10.0 Å². The van der Waals surface area contributed by atoms with Crippen LogP contribution in [-0.2, 0) is 10.0 Å². The summed E-state index contributed by atoms with van der Waals surface area (Å²) in [6.07, 6.45) is 0. The summed E-state index contributed by atoms with van der Waals surface area (Å²) < 4.78 is 26.9. The zero-order valence-electron chi connectivity index (χ0n) is 13.6. The van der Waals surface area contributed by atoms with Gasteiger partial charge in [0.25, 0.3) is 0 Å². The topological polar surface area (TPSA) is 90.2 Å². The molecular weight excluding hydrogens is 362 g/mol. The Labute approximate surface area is 151 Å². The first kappa shape index (κ1) is 17.6. The molecule has 0 bridgehead atoms. The minimum absolute atomic E-state index is 0.187. The van der Waals surface area contributed by atoms with Gasteiger partial charge >= 0.3 is 0 Å². The number of nitriles is 1. The number of hydrogen-bond donors (Lipinski definition) is 0. The van der Waals surface area contributed by atoms with Crippen LogP contribution in [0, 0.1) is 18.3 Å². The Kier molecular flexibility index (Phi) is 4.90. The molecule has 1 aliphatic heterocycles. The maximum absolute atomic E-state index is 12.7. The Bertz CT molecular complexity index is 934. The second-order valence-electron chi connectivity index (χ2n) is 5.65. The normalized spacial score (nSPS) is 15.8. The van der Waals surface area contributed by atoms with E-state index in [1.165, 1.54) is 16.4 Å². The van der Waals surface area contributed by atoms with Crippen LogP contribution in [0.1, 0.15) is 11.4 Å². The largest absolute Gasteiger partial charge is 0.338 e. The summed E-state index contributed by atoms with van der Waals surface area (Å²) in [4.78, 5) is 10.6. The number of anilines is 1. The molecule has 130 valence electrons. The summed E-state index contributed by atoms with van der Waals surface area (Å²) in [6.45, 7) is 3.33. The number of hydrogen-bond acceptors (Lipinski definition) is 6. The number of aryl methyl sites for hydroxylation is 1. The van der Waals surface area contributed by atoms with Crippen molar-refractivity contribution in [3.63, 3.8) is 0 Å². The summed E-state index contributed by atoms with van der Waals surface area (Å²) in [5, 5.41) is 9.41. The van der Waals surface area contributed by atoms with E-state index in [4.69, 9.17) is 16.9 Å². The van der Waals surface area contributed by atoms with Crippen LogP contribution >= 0.6 is 11.6 Å². The average molecular weight is 378 g/mol. The summed E-state index contributed by atoms with van der Waals surface area (Å²) in [7, 11) is -3.58. The molecule has 1 aromatic carbocycles. The maximum atomic E-state index is 12.7. The van der Waals surface area contributed by atoms with Gasteiger partial charge in [-0.05, 0) is 31.2 Å². The molecule has 25 heavy (non-hydrogen) atoms. The second kappa shape index (κ2) is 6.96. The van der Waals surface area contributed by atoms with Crippen molar-refractivity contribution < 1.29 is 8.42 Å². The number of sulfonamides is 1. The first-order valence-electron chi connectivity index (χ1n) is 7.66. The molecule has 0 atom stereocenters. The zero-order chi connectivity index (χ0) is 18.0. The van der Waals surface area contributed by atoms with Crippen LogP contribution < -0.4 is 4.90 Å². The molecule has 2 aromatic rings. The fraction of sp³-hybridized carbons (Fsp3) is 0.312. The number of nitrogens with zero attached hydrogens (tertiary/aromatic N) is 5. The highest BCUT2D eigenvalue weighted by Crippen LogP contribution is 2.22. The lowest BCUT2D eigenvalue weighted by Gasteiger charge is -2.34. The van der Waals surface area contributed by atoms with Gasteiger partial charge in [0.1, 0.15) is 11.8 Å². The van der Waals surface area contributed by atoms with Crippen molar-refractivity contribution in [3.8, 4) is 6.07 Å². The molecule has 1 aromatic heterocycles. The number of halogens is 1. The second-order valence-corrected chi connectivity index (χ2v) is 8.03. The third kappa shape index (κ3) is 3.74. The Hall–Kier alpha value is -2.21. The van der Waals surface area contributed by atoms with Crippen LogP contribution in [0.15, 0.2) is 35.2 Å². The van der Waals surface area contributed by atoms with Crippen molar-refractivity contribution in [2.24, 2.45) is 0 Å². The fourth-order valence-corrected chi connectivity index (χ4v) is 4.38. The maximum Gasteiger partial charge on any atom is 0.243 e. The van der Waals surface area contributed by atoms with Crippen LogP contribution in [0.2, 0.25) is 5.02 Å². The van der Waals surface area contributed by atoms with Crippen molar-refractivity contribution in [2.75, 3.05) is 31.1 Å². The molecule has 0 unspecified atom stereocenters. The molecule has 9 heteroatoms. The number of piperazine rings is 1. The van der Waals surface area contributed by atoms with E-state index in [2.05, 4.69) is 9.97 Å². The molecule has 1 aliphatic rings. The summed E-state index contributed by atoms with van der Waals surface area (Å²) in [5.74, 6) is 0.455. The van der Waals surface area contributed by atoms with Gasteiger partial charge in [-0.15, -0.1) is 0 Å². The number of aromatic nitrogens is 2. The first-order chi connectivity index (χ1) is 11.9. The number of rotatable bonds is 3. The monoisotopic (exact) mass is 377 g/mol. The molecule has 2 heterocycles. The van der Waals surface area contributed by atoms with Crippen LogP contribution in [0.3, 0.4) is 0 Å². The highest BCUT2D eigenvalue weighted by Gasteiger charge is 2.29. The third-order valence-corrected chi connectivity index (χ3v) is 6.04. The lowest BCUT2D eigenvalue weighted by Crippen LogP contribution is -2.49. The summed E-state index contributed by atoms with van der Waals surface area (Å²) >= 11 is 5.90. The lowest BCUT2D eigenvalue weighted by molar-refractivity contribution is 0.382. The van der Waals surface area contributed by atoms with Gasteiger partial charge in [0.05, 0.1) is 4.90 Å². The third-order valence-electron chi connectivity index (χ3n) is 3.91. The van der Waals surface area contributed by atoms with Gasteiger partial charge in [0.15, 0.2) is 0 Å². The Morgan fingerprint density at radius 1 is 1.16 bits per heavy atom. The van der Waals surface area contributed by atoms with Gasteiger partial charge in [-0.2, -0.15) is 9.57 Å². The van der Waals surface area contributed by atoms with Crippen molar-refractivity contribution in [3.05, 3.63) is 46.7 Å². The SMILES string of the molecule is Cc1cc(C#N)nc(N2CCN(S(=O)(=O)c3cccc(Cl)c3)CC2)n1. The van der Waals surface area contributed by atoms with E-state index in [1.807, 2.05) is 11.0 Å². The van der Waals surface area contributed by atoms with Gasteiger partial charge in [-0.1, -0.05) is 17.7 Å². The molecule has 1 saturated heterocycles. The van der Waals surface area contributed by atoms with Crippen LogP contribution in [0.25, 0.3) is 0 Å². The van der Waals surface area contributed by atoms with Crippen molar-refractivity contribution >= 4 is 27.6 Å². The predicted octanol–water partition coefficient (Wildman–Crippen LogP) is 1.82. The Morgan fingerprint density at radius 2 is 1.88 bits per heavy atom. The smallest absolute Gasteiger partial charge is 0.243 e. The standard InChI is InChI=1S/C16H16ClN5O2S/c1-12-9-14(11-18)20-16(19-12)21-5-7-22(8-6-21)25(23,24)15-4-2-3-13(17)10-15/h2-4,9-10H,5-8H2,1H3. The first-order valence-corrected chi connectivity index (χ1v) is 9.48. The number of benzene rings is 1. The van der Waals surface area contributed by atoms with Gasteiger partial charge in [0, 0.05) is 36.9 Å². The van der Waals surface area contributed by atoms with Gasteiger partial charge in [0.2, 0.25) is 16.0 Å². The molecule has 0 amide bonds. The zero-order valence-corrected chi connectivity index (χ0v) is 15.1. The molecular formula is C16H16ClN5O2S. The average Bonchev–Trinajstić information content (AvgIpc) is 2.61. The predicted molar refractivity (Wildman–Crippen MR) is 93.9 cm³/mol. The van der Waals surface area contributed by atoms with Crippen molar-refractivity contribution in [2.45, 2.75) is 11.8 Å². The van der Waals surface area contributed by atoms with E-state index in [0.717, 1.165) is 0 Å². The minimum Gasteiger partial charge on any atom is -0.338 e. The highest BCUT2D eigenvalue weighted by atomic mass is 35.5. The molecule has 0 radical (unpaired) electrons. The van der Waals surface area contributed by atoms with Crippen LogP contribution in [-0.4, -0.2) is 48.9 Å². The summed E-state index contributed by atoms with van der Waals surface area (Å²) in [5.41, 5.74) is 1.01. The van der Waals surface area contributed by atoms with E-state index in [0.29, 0.717) is 48.5 Å². The van der Waals surface area contributed by atoms with E-state index in [9.17, 15) is 8.42 Å². The van der Waals surface area contributed by atoms with Gasteiger partial charge < -0.3 is 4.90 Å². The minimum atomic E-state index is -3.58. The molecule has 0 aliphatic carbocycles. The van der Waals surface area contributed by atoms with Crippen LogP contribution in [0.4, 0.5) is 5.95 Å². The fourth-order valence-electron chi connectivity index (χ4n) is 2.66. The molecule has 0 N–H and O–H groups in total. The molecule has 0 spiro atoms. The van der Waals surface area contributed by atoms with Gasteiger partial charge in [-0.3, -0.25) is 0 Å². The van der Waals surface area contributed by atoms with Gasteiger partial charge in [-0.25, -0.2) is 18.4 Å². The van der Waals surface area contributed by atoms with Crippen molar-refractivity contribution in [1.29, 1.82) is 5.26 Å². The molecule has 7 nitrogen and oxygen atoms in total.